The van der Waals surface area contributed by atoms with Crippen LogP contribution in [0.15, 0.2) is 36.4 Å². The summed E-state index contributed by atoms with van der Waals surface area (Å²) in [5.74, 6) is -0.997. The first kappa shape index (κ1) is 12.3. The summed E-state index contributed by atoms with van der Waals surface area (Å²) < 4.78 is 1.68. The zero-order chi connectivity index (χ0) is 14.3. The van der Waals surface area contributed by atoms with Gasteiger partial charge in [-0.2, -0.15) is 0 Å². The van der Waals surface area contributed by atoms with Crippen LogP contribution < -0.4 is 0 Å². The molecule has 1 aromatic heterocycles. The molecule has 20 heavy (non-hydrogen) atoms. The third-order valence-corrected chi connectivity index (χ3v) is 3.30. The smallest absolute Gasteiger partial charge is 0.338 e. The summed E-state index contributed by atoms with van der Waals surface area (Å²) in [7, 11) is 0. The van der Waals surface area contributed by atoms with Crippen LogP contribution in [0.4, 0.5) is 0 Å². The Hall–Kier alpha value is -2.69. The van der Waals surface area contributed by atoms with Crippen molar-refractivity contribution in [1.29, 1.82) is 0 Å². The van der Waals surface area contributed by atoms with Gasteiger partial charge in [0.15, 0.2) is 0 Å². The van der Waals surface area contributed by atoms with E-state index in [4.69, 9.17) is 0 Å². The zero-order valence-electron chi connectivity index (χ0n) is 11.2. The van der Waals surface area contributed by atoms with Crippen LogP contribution in [0.1, 0.15) is 21.5 Å². The van der Waals surface area contributed by atoms with Gasteiger partial charge in [0.05, 0.1) is 16.8 Å². The number of rotatable bonds is 2. The number of fused-ring (bicyclic) bond motifs is 1. The molecule has 1 heterocycles. The minimum Gasteiger partial charge on any atom is -0.478 e. The molecule has 3 rings (SSSR count). The standard InChI is InChI=1S/C15H13N3O2/c1-9-6-7-10(2)13(8-9)18-12-5-3-4-11(15(19)20)14(12)16-17-18/h3-8H,1-2H3,(H,19,20). The van der Waals surface area contributed by atoms with Crippen molar-refractivity contribution in [2.45, 2.75) is 13.8 Å². The minimum atomic E-state index is -0.997. The number of aryl methyl sites for hydroxylation is 2. The van der Waals surface area contributed by atoms with Crippen LogP contribution in [0, 0.1) is 13.8 Å². The van der Waals surface area contributed by atoms with Crippen molar-refractivity contribution in [3.8, 4) is 5.69 Å². The van der Waals surface area contributed by atoms with Gasteiger partial charge in [-0.3, -0.25) is 0 Å². The maximum Gasteiger partial charge on any atom is 0.338 e. The fourth-order valence-corrected chi connectivity index (χ4v) is 2.24. The molecular weight excluding hydrogens is 254 g/mol. The summed E-state index contributed by atoms with van der Waals surface area (Å²) >= 11 is 0. The number of hydrogen-bond acceptors (Lipinski definition) is 3. The van der Waals surface area contributed by atoms with Gasteiger partial charge < -0.3 is 5.11 Å². The molecule has 0 saturated heterocycles. The number of carboxylic acid groups (broad SMARTS) is 1. The van der Waals surface area contributed by atoms with E-state index in [1.807, 2.05) is 38.1 Å². The highest BCUT2D eigenvalue weighted by Crippen LogP contribution is 2.22. The summed E-state index contributed by atoms with van der Waals surface area (Å²) in [5, 5.41) is 17.3. The Morgan fingerprint density at radius 1 is 1.20 bits per heavy atom. The Bertz CT molecular complexity index is 821. The van der Waals surface area contributed by atoms with Gasteiger partial charge in [-0.25, -0.2) is 9.48 Å². The van der Waals surface area contributed by atoms with Crippen LogP contribution in [0.2, 0.25) is 0 Å². The fourth-order valence-electron chi connectivity index (χ4n) is 2.24. The number of nitrogens with zero attached hydrogens (tertiary/aromatic N) is 3. The van der Waals surface area contributed by atoms with Gasteiger partial charge in [0.1, 0.15) is 5.52 Å². The number of aromatic nitrogens is 3. The molecule has 0 bridgehead atoms. The lowest BCUT2D eigenvalue weighted by atomic mass is 10.1. The second-order valence-corrected chi connectivity index (χ2v) is 4.77. The lowest BCUT2D eigenvalue weighted by Gasteiger charge is -2.07. The third-order valence-electron chi connectivity index (χ3n) is 3.30. The lowest BCUT2D eigenvalue weighted by Crippen LogP contribution is -2.00. The largest absolute Gasteiger partial charge is 0.478 e. The predicted octanol–water partition coefficient (Wildman–Crippen LogP) is 2.74. The van der Waals surface area contributed by atoms with Crippen molar-refractivity contribution >= 4 is 17.0 Å². The lowest BCUT2D eigenvalue weighted by molar-refractivity contribution is 0.0699. The maximum atomic E-state index is 11.2. The number of carbonyl (C=O) groups is 1. The highest BCUT2D eigenvalue weighted by molar-refractivity contribution is 6.00. The zero-order valence-corrected chi connectivity index (χ0v) is 11.2. The van der Waals surface area contributed by atoms with E-state index in [0.29, 0.717) is 11.0 Å². The molecule has 5 heteroatoms. The maximum absolute atomic E-state index is 11.2. The molecule has 0 atom stereocenters. The molecule has 0 amide bonds. The van der Waals surface area contributed by atoms with Crippen molar-refractivity contribution in [3.05, 3.63) is 53.1 Å². The molecule has 0 spiro atoms. The Labute approximate surface area is 115 Å². The van der Waals surface area contributed by atoms with Gasteiger partial charge in [0.25, 0.3) is 0 Å². The van der Waals surface area contributed by atoms with Crippen LogP contribution in [0.25, 0.3) is 16.7 Å². The van der Waals surface area contributed by atoms with E-state index in [1.54, 1.807) is 10.7 Å². The third kappa shape index (κ3) is 1.84. The summed E-state index contributed by atoms with van der Waals surface area (Å²) in [4.78, 5) is 11.2. The van der Waals surface area contributed by atoms with Gasteiger partial charge in [-0.15, -0.1) is 5.10 Å². The molecule has 5 nitrogen and oxygen atoms in total. The van der Waals surface area contributed by atoms with Crippen LogP contribution in [0.3, 0.4) is 0 Å². The van der Waals surface area contributed by atoms with Crippen LogP contribution in [-0.4, -0.2) is 26.1 Å². The molecule has 0 fully saturated rings. The van der Waals surface area contributed by atoms with E-state index in [0.717, 1.165) is 16.8 Å². The van der Waals surface area contributed by atoms with E-state index < -0.39 is 5.97 Å². The first-order valence-corrected chi connectivity index (χ1v) is 6.23. The number of carboxylic acids is 1. The Morgan fingerprint density at radius 3 is 2.75 bits per heavy atom. The quantitative estimate of drug-likeness (QED) is 0.775. The predicted molar refractivity (Wildman–Crippen MR) is 75.3 cm³/mol. The summed E-state index contributed by atoms with van der Waals surface area (Å²) in [6.07, 6.45) is 0. The van der Waals surface area contributed by atoms with Crippen molar-refractivity contribution in [3.63, 3.8) is 0 Å². The van der Waals surface area contributed by atoms with Crippen molar-refractivity contribution in [2.75, 3.05) is 0 Å². The Balaban J connectivity index is 2.31. The van der Waals surface area contributed by atoms with Crippen molar-refractivity contribution in [1.82, 2.24) is 15.0 Å². The van der Waals surface area contributed by atoms with E-state index in [2.05, 4.69) is 10.3 Å². The molecule has 0 aliphatic carbocycles. The average Bonchev–Trinajstić information content (AvgIpc) is 2.85. The molecule has 0 aliphatic rings. The molecule has 0 unspecified atom stereocenters. The van der Waals surface area contributed by atoms with Gasteiger partial charge in [0.2, 0.25) is 0 Å². The molecule has 0 saturated carbocycles. The van der Waals surface area contributed by atoms with Gasteiger partial charge >= 0.3 is 5.97 Å². The normalized spacial score (nSPS) is 10.9. The van der Waals surface area contributed by atoms with Gasteiger partial charge in [0, 0.05) is 0 Å². The van der Waals surface area contributed by atoms with E-state index in [-0.39, 0.29) is 5.56 Å². The molecule has 3 aromatic rings. The second-order valence-electron chi connectivity index (χ2n) is 4.77. The van der Waals surface area contributed by atoms with Crippen molar-refractivity contribution < 1.29 is 9.90 Å². The topological polar surface area (TPSA) is 68.0 Å². The Morgan fingerprint density at radius 2 is 2.00 bits per heavy atom. The van der Waals surface area contributed by atoms with Crippen LogP contribution >= 0.6 is 0 Å². The number of benzene rings is 2. The molecule has 0 aliphatic heterocycles. The number of hydrogen-bond donors (Lipinski definition) is 1. The monoisotopic (exact) mass is 267 g/mol. The van der Waals surface area contributed by atoms with E-state index in [9.17, 15) is 9.90 Å². The summed E-state index contributed by atoms with van der Waals surface area (Å²) in [6, 6.07) is 11.1. The van der Waals surface area contributed by atoms with Crippen LogP contribution in [-0.2, 0) is 0 Å². The first-order chi connectivity index (χ1) is 9.58. The molecule has 2 aromatic carbocycles. The fraction of sp³-hybridized carbons (Fsp3) is 0.133. The highest BCUT2D eigenvalue weighted by Gasteiger charge is 2.15. The first-order valence-electron chi connectivity index (χ1n) is 6.23. The minimum absolute atomic E-state index is 0.166. The average molecular weight is 267 g/mol. The summed E-state index contributed by atoms with van der Waals surface area (Å²) in [6.45, 7) is 3.99. The van der Waals surface area contributed by atoms with Gasteiger partial charge in [-0.05, 0) is 43.2 Å². The van der Waals surface area contributed by atoms with E-state index in [1.165, 1.54) is 6.07 Å². The Kier molecular flexibility index (Phi) is 2.75. The highest BCUT2D eigenvalue weighted by atomic mass is 16.4. The summed E-state index contributed by atoms with van der Waals surface area (Å²) in [5.41, 5.74) is 4.35. The molecule has 1 N–H and O–H groups in total. The SMILES string of the molecule is Cc1ccc(C)c(-n2nnc3c(C(=O)O)cccc32)c1. The molecule has 100 valence electrons. The van der Waals surface area contributed by atoms with Crippen LogP contribution in [0.5, 0.6) is 0 Å². The molecular formula is C15H13N3O2. The van der Waals surface area contributed by atoms with E-state index >= 15 is 0 Å². The molecule has 0 radical (unpaired) electrons. The van der Waals surface area contributed by atoms with Gasteiger partial charge in [-0.1, -0.05) is 23.4 Å². The van der Waals surface area contributed by atoms with Crippen molar-refractivity contribution in [2.24, 2.45) is 0 Å². The second kappa shape index (κ2) is 4.45. The number of aromatic carboxylic acids is 1.